The van der Waals surface area contributed by atoms with E-state index in [4.69, 9.17) is 14.2 Å². The van der Waals surface area contributed by atoms with Gasteiger partial charge in [-0.2, -0.15) is 0 Å². The number of rotatable bonds is 53. The summed E-state index contributed by atoms with van der Waals surface area (Å²) in [5.74, 6) is 0.00459. The fourth-order valence-corrected chi connectivity index (χ4v) is 8.92. The largest absolute Gasteiger partial charge is 0.462 e. The van der Waals surface area contributed by atoms with Crippen LogP contribution in [0.1, 0.15) is 329 Å². The van der Waals surface area contributed by atoms with Crippen molar-refractivity contribution in [3.63, 3.8) is 0 Å². The molecule has 6 heteroatoms. The summed E-state index contributed by atoms with van der Waals surface area (Å²) in [5, 5.41) is 0. The molecule has 1 atom stereocenters. The molecule has 0 aromatic heterocycles. The molecule has 0 saturated carbocycles. The van der Waals surface area contributed by atoms with Gasteiger partial charge in [0, 0.05) is 19.3 Å². The third kappa shape index (κ3) is 51.4. The van der Waals surface area contributed by atoms with Crippen LogP contribution in [0.15, 0.2) is 0 Å². The molecule has 0 heterocycles. The Morgan fingerprint density at radius 1 is 0.297 bits per heavy atom. The average Bonchev–Trinajstić information content (AvgIpc) is 3.28. The molecule has 0 N–H and O–H groups in total. The summed E-state index contributed by atoms with van der Waals surface area (Å²) in [6.07, 6.45) is 56.6. The van der Waals surface area contributed by atoms with Crippen molar-refractivity contribution in [2.75, 3.05) is 13.2 Å². The maximum Gasteiger partial charge on any atom is 0.306 e. The van der Waals surface area contributed by atoms with Crippen LogP contribution in [0.5, 0.6) is 0 Å². The van der Waals surface area contributed by atoms with E-state index in [-0.39, 0.29) is 31.1 Å². The van der Waals surface area contributed by atoms with Crippen molar-refractivity contribution in [2.45, 2.75) is 336 Å². The van der Waals surface area contributed by atoms with Gasteiger partial charge in [0.25, 0.3) is 0 Å². The molecule has 0 aliphatic rings. The van der Waals surface area contributed by atoms with Crippen LogP contribution in [-0.4, -0.2) is 37.2 Å². The van der Waals surface area contributed by atoms with Crippen molar-refractivity contribution in [1.82, 2.24) is 0 Å². The van der Waals surface area contributed by atoms with Crippen LogP contribution in [0.2, 0.25) is 0 Å². The van der Waals surface area contributed by atoms with Gasteiger partial charge in [-0.15, -0.1) is 0 Å². The van der Waals surface area contributed by atoms with E-state index < -0.39 is 6.10 Å². The summed E-state index contributed by atoms with van der Waals surface area (Å²) in [6, 6.07) is 0. The molecule has 0 unspecified atom stereocenters. The number of unbranched alkanes of at least 4 members (excludes halogenated alkanes) is 40. The van der Waals surface area contributed by atoms with Crippen LogP contribution in [0.3, 0.4) is 0 Å². The lowest BCUT2D eigenvalue weighted by atomic mass is 10.0. The van der Waals surface area contributed by atoms with Crippen LogP contribution >= 0.6 is 0 Å². The molecule has 0 rings (SSSR count). The Morgan fingerprint density at radius 3 is 0.766 bits per heavy atom. The lowest BCUT2D eigenvalue weighted by Gasteiger charge is -2.18. The third-order valence-electron chi connectivity index (χ3n) is 13.3. The first kappa shape index (κ1) is 62.4. The summed E-state index contributed by atoms with van der Waals surface area (Å²) >= 11 is 0. The predicted molar refractivity (Wildman–Crippen MR) is 275 cm³/mol. The average molecular weight is 906 g/mol. The van der Waals surface area contributed by atoms with Gasteiger partial charge in [-0.3, -0.25) is 14.4 Å². The van der Waals surface area contributed by atoms with Gasteiger partial charge in [-0.25, -0.2) is 0 Å². The topological polar surface area (TPSA) is 78.9 Å². The quantitative estimate of drug-likeness (QED) is 0.0344. The van der Waals surface area contributed by atoms with Crippen LogP contribution in [-0.2, 0) is 28.6 Å². The fraction of sp³-hybridized carbons (Fsp3) is 0.948. The molecule has 0 radical (unpaired) electrons. The van der Waals surface area contributed by atoms with E-state index in [0.717, 1.165) is 63.7 Å². The normalized spacial score (nSPS) is 12.0. The molecular formula is C58H112O6. The second-order valence-corrected chi connectivity index (χ2v) is 20.4. The smallest absolute Gasteiger partial charge is 0.306 e. The number of hydrogen-bond donors (Lipinski definition) is 0. The number of carbonyl (C=O) groups is 3. The van der Waals surface area contributed by atoms with Gasteiger partial charge in [0.1, 0.15) is 13.2 Å². The van der Waals surface area contributed by atoms with Gasteiger partial charge in [-0.05, 0) is 25.2 Å². The zero-order valence-corrected chi connectivity index (χ0v) is 43.8. The van der Waals surface area contributed by atoms with E-state index in [2.05, 4.69) is 27.7 Å². The number of ether oxygens (including phenoxy) is 3. The summed E-state index contributed by atoms with van der Waals surface area (Å²) < 4.78 is 16.9. The highest BCUT2D eigenvalue weighted by Crippen LogP contribution is 2.18. The van der Waals surface area contributed by atoms with Crippen molar-refractivity contribution >= 4 is 17.9 Å². The van der Waals surface area contributed by atoms with Crippen molar-refractivity contribution in [1.29, 1.82) is 0 Å². The minimum Gasteiger partial charge on any atom is -0.462 e. The Morgan fingerprint density at radius 2 is 0.516 bits per heavy atom. The molecule has 0 aliphatic carbocycles. The fourth-order valence-electron chi connectivity index (χ4n) is 8.92. The number of esters is 3. The zero-order valence-electron chi connectivity index (χ0n) is 43.8. The predicted octanol–water partition coefficient (Wildman–Crippen LogP) is 19.0. The molecule has 0 bridgehead atoms. The second-order valence-electron chi connectivity index (χ2n) is 20.4. The molecule has 64 heavy (non-hydrogen) atoms. The first-order valence-electron chi connectivity index (χ1n) is 28.9. The van der Waals surface area contributed by atoms with E-state index >= 15 is 0 Å². The second kappa shape index (κ2) is 52.4. The van der Waals surface area contributed by atoms with Crippen LogP contribution in [0.4, 0.5) is 0 Å². The summed E-state index contributed by atoms with van der Waals surface area (Å²) in [5.41, 5.74) is 0. The van der Waals surface area contributed by atoms with Crippen LogP contribution in [0.25, 0.3) is 0 Å². The Kier molecular flexibility index (Phi) is 51.1. The summed E-state index contributed by atoms with van der Waals surface area (Å²) in [6.45, 7) is 9.06. The van der Waals surface area contributed by atoms with Crippen molar-refractivity contribution in [3.8, 4) is 0 Å². The van der Waals surface area contributed by atoms with Crippen molar-refractivity contribution in [3.05, 3.63) is 0 Å². The molecule has 380 valence electrons. The minimum atomic E-state index is -0.761. The molecule has 0 aromatic rings. The van der Waals surface area contributed by atoms with Gasteiger partial charge in [0.2, 0.25) is 0 Å². The molecule has 6 nitrogen and oxygen atoms in total. The van der Waals surface area contributed by atoms with E-state index in [1.807, 2.05) is 0 Å². The van der Waals surface area contributed by atoms with E-state index in [1.165, 1.54) is 225 Å². The monoisotopic (exact) mass is 905 g/mol. The van der Waals surface area contributed by atoms with Crippen molar-refractivity contribution < 1.29 is 28.6 Å². The summed E-state index contributed by atoms with van der Waals surface area (Å²) in [4.78, 5) is 38.1. The maximum atomic E-state index is 12.8. The molecular weight excluding hydrogens is 793 g/mol. The maximum absolute atomic E-state index is 12.8. The van der Waals surface area contributed by atoms with Gasteiger partial charge in [0.15, 0.2) is 6.10 Å². The standard InChI is InChI=1S/C58H112O6/c1-5-7-9-11-13-15-17-19-20-21-22-26-31-35-39-43-47-51-58(61)64-55(52-62-56(59)49-45-41-37-33-29-24-18-16-14-12-10-8-6-2)53-63-57(60)50-46-42-38-34-30-27-23-25-28-32-36-40-44-48-54(3)4/h54-55H,5-53H2,1-4H3/t55-/m0/s1. The molecule has 0 amide bonds. The van der Waals surface area contributed by atoms with Crippen molar-refractivity contribution in [2.24, 2.45) is 5.92 Å². The SMILES string of the molecule is CCCCCCCCCCCCCCCCCCCC(=O)O[C@@H](COC(=O)CCCCCCCCCCCCCCC)COC(=O)CCCCCCCCCCCCCCCC(C)C. The Bertz CT molecular complexity index is 964. The van der Waals surface area contributed by atoms with E-state index in [0.29, 0.717) is 19.3 Å². The zero-order chi connectivity index (χ0) is 46.7. The summed E-state index contributed by atoms with van der Waals surface area (Å²) in [7, 11) is 0. The van der Waals surface area contributed by atoms with Gasteiger partial charge in [-0.1, -0.05) is 291 Å². The number of hydrogen-bond acceptors (Lipinski definition) is 6. The lowest BCUT2D eigenvalue weighted by molar-refractivity contribution is -0.167. The Hall–Kier alpha value is -1.59. The molecule has 0 fully saturated rings. The van der Waals surface area contributed by atoms with Gasteiger partial charge >= 0.3 is 17.9 Å². The highest BCUT2D eigenvalue weighted by molar-refractivity contribution is 5.71. The Labute approximate surface area is 399 Å². The first-order chi connectivity index (χ1) is 31.4. The first-order valence-corrected chi connectivity index (χ1v) is 28.9. The highest BCUT2D eigenvalue weighted by atomic mass is 16.6. The molecule has 0 aliphatic heterocycles. The highest BCUT2D eigenvalue weighted by Gasteiger charge is 2.19. The van der Waals surface area contributed by atoms with Gasteiger partial charge < -0.3 is 14.2 Å². The van der Waals surface area contributed by atoms with E-state index in [1.54, 1.807) is 0 Å². The number of carbonyl (C=O) groups excluding carboxylic acids is 3. The molecule has 0 saturated heterocycles. The van der Waals surface area contributed by atoms with Crippen LogP contribution < -0.4 is 0 Å². The minimum absolute atomic E-state index is 0.0619. The molecule has 0 aromatic carbocycles. The Balaban J connectivity index is 4.29. The third-order valence-corrected chi connectivity index (χ3v) is 13.3. The van der Waals surface area contributed by atoms with E-state index in [9.17, 15) is 14.4 Å². The molecule has 0 spiro atoms. The lowest BCUT2D eigenvalue weighted by Crippen LogP contribution is -2.30. The van der Waals surface area contributed by atoms with Gasteiger partial charge in [0.05, 0.1) is 0 Å². The van der Waals surface area contributed by atoms with Crippen LogP contribution in [0, 0.1) is 5.92 Å².